The molecule has 5 heteroatoms. The largest absolute Gasteiger partial charge is 0.480 e. The van der Waals surface area contributed by atoms with Gasteiger partial charge in [-0.05, 0) is 18.1 Å². The summed E-state index contributed by atoms with van der Waals surface area (Å²) in [6.07, 6.45) is 0. The van der Waals surface area contributed by atoms with Gasteiger partial charge >= 0.3 is 11.9 Å². The smallest absolute Gasteiger partial charge is 0.323 e. The maximum absolute atomic E-state index is 13.0. The van der Waals surface area contributed by atoms with E-state index >= 15 is 0 Å². The van der Waals surface area contributed by atoms with Crippen LogP contribution >= 0.6 is 0 Å². The molecule has 2 rings (SSSR count). The fourth-order valence-corrected chi connectivity index (χ4v) is 2.85. The number of carboxylic acid groups (broad SMARTS) is 1. The van der Waals surface area contributed by atoms with Gasteiger partial charge in [-0.25, -0.2) is 0 Å². The predicted molar refractivity (Wildman–Crippen MR) is 97.7 cm³/mol. The van der Waals surface area contributed by atoms with Crippen molar-refractivity contribution >= 4 is 17.7 Å². The average Bonchev–Trinajstić information content (AvgIpc) is 2.66. The summed E-state index contributed by atoms with van der Waals surface area (Å²) in [7, 11) is 1.11. The van der Waals surface area contributed by atoms with Crippen molar-refractivity contribution in [2.24, 2.45) is 10.8 Å². The maximum Gasteiger partial charge on any atom is 0.323 e. The Labute approximate surface area is 152 Å². The third-order valence-corrected chi connectivity index (χ3v) is 5.09. The number of aliphatic carboxylic acids is 1. The van der Waals surface area contributed by atoms with Gasteiger partial charge in [0.1, 0.15) is 0 Å². The number of ether oxygens (including phenoxy) is 1. The van der Waals surface area contributed by atoms with Crippen LogP contribution in [0.2, 0.25) is 0 Å². The highest BCUT2D eigenvalue weighted by Gasteiger charge is 2.58. The van der Waals surface area contributed by atoms with Gasteiger partial charge in [-0.1, -0.05) is 68.4 Å². The summed E-state index contributed by atoms with van der Waals surface area (Å²) < 4.78 is 4.65. The van der Waals surface area contributed by atoms with Crippen molar-refractivity contribution in [3.05, 3.63) is 60.2 Å². The van der Waals surface area contributed by atoms with Crippen LogP contribution in [-0.2, 0) is 14.3 Å². The number of hydrogen-bond donors (Lipinski definition) is 1. The molecule has 0 saturated carbocycles. The number of esters is 1. The minimum Gasteiger partial charge on any atom is -0.480 e. The second-order valence-electron chi connectivity index (χ2n) is 6.82. The Hall–Kier alpha value is -2.95. The number of carboxylic acids is 1. The molecule has 0 saturated heterocycles. The molecule has 0 radical (unpaired) electrons. The van der Waals surface area contributed by atoms with Gasteiger partial charge in [-0.15, -0.1) is 0 Å². The first-order valence-electron chi connectivity index (χ1n) is 8.18. The van der Waals surface area contributed by atoms with Crippen molar-refractivity contribution in [1.82, 2.24) is 0 Å². The molecule has 0 heterocycles. The van der Waals surface area contributed by atoms with E-state index in [1.54, 1.807) is 24.3 Å². The summed E-state index contributed by atoms with van der Waals surface area (Å²) in [5.74, 6) is -2.79. The SMILES string of the molecule is COC(=O)C(C)(C(=O)O)C(C)(C)C(=O)c1ccc(-c2ccccc2)cc1. The Kier molecular flexibility index (Phi) is 5.30. The van der Waals surface area contributed by atoms with Gasteiger partial charge in [0.15, 0.2) is 11.2 Å². The first-order valence-corrected chi connectivity index (χ1v) is 8.18. The van der Waals surface area contributed by atoms with E-state index in [9.17, 15) is 19.5 Å². The van der Waals surface area contributed by atoms with Gasteiger partial charge in [0.25, 0.3) is 0 Å². The van der Waals surface area contributed by atoms with Crippen LogP contribution in [-0.4, -0.2) is 29.9 Å². The summed E-state index contributed by atoms with van der Waals surface area (Å²) >= 11 is 0. The number of hydrogen-bond acceptors (Lipinski definition) is 4. The molecule has 136 valence electrons. The number of rotatable bonds is 6. The number of Topliss-reactive ketones (excluding diaryl/α,β-unsaturated/α-hetero) is 1. The summed E-state index contributed by atoms with van der Waals surface area (Å²) in [4.78, 5) is 36.9. The molecule has 26 heavy (non-hydrogen) atoms. The van der Waals surface area contributed by atoms with Gasteiger partial charge in [0, 0.05) is 5.56 Å². The zero-order valence-corrected chi connectivity index (χ0v) is 15.3. The molecule has 0 bridgehead atoms. The maximum atomic E-state index is 13.0. The van der Waals surface area contributed by atoms with E-state index in [1.165, 1.54) is 20.8 Å². The lowest BCUT2D eigenvalue weighted by Gasteiger charge is -2.37. The van der Waals surface area contributed by atoms with Gasteiger partial charge < -0.3 is 9.84 Å². The molecule has 0 aliphatic carbocycles. The molecule has 0 amide bonds. The summed E-state index contributed by atoms with van der Waals surface area (Å²) in [6.45, 7) is 4.12. The van der Waals surface area contributed by atoms with Crippen LogP contribution in [0.4, 0.5) is 0 Å². The van der Waals surface area contributed by atoms with E-state index in [1.807, 2.05) is 30.3 Å². The third-order valence-electron chi connectivity index (χ3n) is 5.09. The van der Waals surface area contributed by atoms with Crippen LogP contribution in [0.15, 0.2) is 54.6 Å². The van der Waals surface area contributed by atoms with E-state index in [2.05, 4.69) is 4.74 Å². The summed E-state index contributed by atoms with van der Waals surface area (Å²) in [6, 6.07) is 16.6. The van der Waals surface area contributed by atoms with Crippen LogP contribution in [0.3, 0.4) is 0 Å². The third kappa shape index (κ3) is 3.12. The molecule has 0 aliphatic heterocycles. The molecule has 0 spiro atoms. The predicted octanol–water partition coefficient (Wildman–Crippen LogP) is 3.83. The number of methoxy groups -OCH3 is 1. The molecular weight excluding hydrogens is 332 g/mol. The Morgan fingerprint density at radius 3 is 1.81 bits per heavy atom. The lowest BCUT2D eigenvalue weighted by atomic mass is 9.63. The standard InChI is InChI=1S/C21H22O5/c1-20(2,21(3,18(23)24)19(25)26-4)17(22)16-12-10-15(11-13-16)14-8-6-5-7-9-14/h5-13H,1-4H3,(H,23,24). The molecule has 1 unspecified atom stereocenters. The second-order valence-corrected chi connectivity index (χ2v) is 6.82. The minimum atomic E-state index is -2.00. The van der Waals surface area contributed by atoms with E-state index in [-0.39, 0.29) is 0 Å². The van der Waals surface area contributed by atoms with Gasteiger partial charge in [-0.3, -0.25) is 14.4 Å². The lowest BCUT2D eigenvalue weighted by Crippen LogP contribution is -2.52. The second kappa shape index (κ2) is 7.12. The molecule has 5 nitrogen and oxygen atoms in total. The number of carbonyl (C=O) groups excluding carboxylic acids is 2. The Bertz CT molecular complexity index is 821. The number of ketones is 1. The van der Waals surface area contributed by atoms with E-state index < -0.39 is 28.6 Å². The zero-order chi connectivity index (χ0) is 19.5. The Morgan fingerprint density at radius 1 is 0.846 bits per heavy atom. The van der Waals surface area contributed by atoms with Gasteiger partial charge in [-0.2, -0.15) is 0 Å². The van der Waals surface area contributed by atoms with Crippen molar-refractivity contribution in [2.75, 3.05) is 7.11 Å². The lowest BCUT2D eigenvalue weighted by molar-refractivity contribution is -0.172. The van der Waals surface area contributed by atoms with Crippen LogP contribution in [0.25, 0.3) is 11.1 Å². The molecule has 1 atom stereocenters. The van der Waals surface area contributed by atoms with Crippen molar-refractivity contribution < 1.29 is 24.2 Å². The molecule has 1 N–H and O–H groups in total. The fraction of sp³-hybridized carbons (Fsp3) is 0.286. The van der Waals surface area contributed by atoms with Gasteiger partial charge in [0.05, 0.1) is 12.5 Å². The van der Waals surface area contributed by atoms with Crippen LogP contribution in [0.1, 0.15) is 31.1 Å². The Balaban J connectivity index is 2.40. The van der Waals surface area contributed by atoms with E-state index in [0.29, 0.717) is 5.56 Å². The van der Waals surface area contributed by atoms with E-state index in [0.717, 1.165) is 18.2 Å². The topological polar surface area (TPSA) is 80.7 Å². The summed E-state index contributed by atoms with van der Waals surface area (Å²) in [5.41, 5.74) is -1.22. The average molecular weight is 354 g/mol. The fourth-order valence-electron chi connectivity index (χ4n) is 2.85. The molecule has 0 fully saturated rings. The minimum absolute atomic E-state index is 0.339. The quantitative estimate of drug-likeness (QED) is 0.484. The Morgan fingerprint density at radius 2 is 1.35 bits per heavy atom. The highest BCUT2D eigenvalue weighted by atomic mass is 16.5. The van der Waals surface area contributed by atoms with Crippen LogP contribution < -0.4 is 0 Å². The number of benzene rings is 2. The van der Waals surface area contributed by atoms with Crippen LogP contribution in [0, 0.1) is 10.8 Å². The van der Waals surface area contributed by atoms with Crippen molar-refractivity contribution in [3.63, 3.8) is 0 Å². The van der Waals surface area contributed by atoms with Crippen molar-refractivity contribution in [1.29, 1.82) is 0 Å². The normalized spacial score (nSPS) is 13.5. The highest BCUT2D eigenvalue weighted by molar-refractivity contribution is 6.10. The van der Waals surface area contributed by atoms with Crippen molar-refractivity contribution in [2.45, 2.75) is 20.8 Å². The molecular formula is C21H22O5. The molecule has 2 aromatic rings. The van der Waals surface area contributed by atoms with Gasteiger partial charge in [0.2, 0.25) is 0 Å². The van der Waals surface area contributed by atoms with Crippen LogP contribution in [0.5, 0.6) is 0 Å². The number of carbonyl (C=O) groups is 3. The first kappa shape index (κ1) is 19.4. The van der Waals surface area contributed by atoms with Crippen molar-refractivity contribution in [3.8, 4) is 11.1 Å². The van der Waals surface area contributed by atoms with E-state index in [4.69, 9.17) is 0 Å². The highest BCUT2D eigenvalue weighted by Crippen LogP contribution is 2.43. The molecule has 0 aliphatic rings. The summed E-state index contributed by atoms with van der Waals surface area (Å²) in [5, 5.41) is 9.61. The monoisotopic (exact) mass is 354 g/mol. The zero-order valence-electron chi connectivity index (χ0n) is 15.3. The molecule has 0 aromatic heterocycles. The molecule has 2 aromatic carbocycles. The first-order chi connectivity index (χ1) is 12.2.